The number of hydrogen-bond donors (Lipinski definition) is 1. The van der Waals surface area contributed by atoms with Crippen molar-refractivity contribution in [2.24, 2.45) is 0 Å². The predicted octanol–water partition coefficient (Wildman–Crippen LogP) is 4.32. The van der Waals surface area contributed by atoms with E-state index in [9.17, 15) is 9.50 Å². The van der Waals surface area contributed by atoms with Gasteiger partial charge in [0.05, 0.1) is 6.10 Å². The molecule has 1 N–H and O–H groups in total. The first-order chi connectivity index (χ1) is 8.16. The molecule has 1 unspecified atom stereocenters. The van der Waals surface area contributed by atoms with Crippen LogP contribution in [0.25, 0.3) is 0 Å². The van der Waals surface area contributed by atoms with E-state index in [-0.39, 0.29) is 5.82 Å². The van der Waals surface area contributed by atoms with Gasteiger partial charge >= 0.3 is 0 Å². The Labute approximate surface area is 112 Å². The molecule has 0 amide bonds. The molecule has 1 aromatic carbocycles. The number of aliphatic hydroxyl groups excluding tert-OH is 1. The van der Waals surface area contributed by atoms with Gasteiger partial charge < -0.3 is 5.11 Å². The normalized spacial score (nSPS) is 12.6. The van der Waals surface area contributed by atoms with Crippen molar-refractivity contribution in [1.82, 2.24) is 0 Å². The average molecular weight is 315 g/mol. The SMILES string of the molecule is OC(CCc1ccsc1)c1cc(F)ccc1Br. The van der Waals surface area contributed by atoms with Crippen LogP contribution in [0.3, 0.4) is 0 Å². The molecule has 0 fully saturated rings. The second-order valence-electron chi connectivity index (χ2n) is 3.85. The summed E-state index contributed by atoms with van der Waals surface area (Å²) >= 11 is 4.97. The van der Waals surface area contributed by atoms with Gasteiger partial charge in [0.15, 0.2) is 0 Å². The molecular formula is C13H12BrFOS. The van der Waals surface area contributed by atoms with Crippen LogP contribution in [-0.2, 0) is 6.42 Å². The van der Waals surface area contributed by atoms with Crippen molar-refractivity contribution >= 4 is 27.3 Å². The molecular weight excluding hydrogens is 303 g/mol. The van der Waals surface area contributed by atoms with Crippen LogP contribution in [0.4, 0.5) is 4.39 Å². The Balaban J connectivity index is 2.04. The molecule has 90 valence electrons. The summed E-state index contributed by atoms with van der Waals surface area (Å²) in [5, 5.41) is 14.1. The molecule has 17 heavy (non-hydrogen) atoms. The largest absolute Gasteiger partial charge is 0.388 e. The topological polar surface area (TPSA) is 20.2 Å². The van der Waals surface area contributed by atoms with Gasteiger partial charge in [0, 0.05) is 4.47 Å². The van der Waals surface area contributed by atoms with Gasteiger partial charge in [-0.25, -0.2) is 4.39 Å². The second kappa shape index (κ2) is 5.76. The number of aliphatic hydroxyl groups is 1. The Hall–Kier alpha value is -0.710. The highest BCUT2D eigenvalue weighted by molar-refractivity contribution is 9.10. The first-order valence-electron chi connectivity index (χ1n) is 5.31. The van der Waals surface area contributed by atoms with Crippen molar-refractivity contribution in [3.63, 3.8) is 0 Å². The zero-order chi connectivity index (χ0) is 12.3. The Kier molecular flexibility index (Phi) is 4.31. The molecule has 0 saturated heterocycles. The van der Waals surface area contributed by atoms with Gasteiger partial charge in [-0.3, -0.25) is 0 Å². The minimum Gasteiger partial charge on any atom is -0.388 e. The standard InChI is InChI=1S/C13H12BrFOS/c14-12-3-2-10(15)7-11(12)13(16)4-1-9-5-6-17-8-9/h2-3,5-8,13,16H,1,4H2. The zero-order valence-electron chi connectivity index (χ0n) is 9.07. The minimum atomic E-state index is -0.639. The number of aryl methyl sites for hydroxylation is 1. The maximum atomic E-state index is 13.1. The summed E-state index contributed by atoms with van der Waals surface area (Å²) in [5.74, 6) is -0.321. The number of thiophene rings is 1. The van der Waals surface area contributed by atoms with Crippen LogP contribution in [0.15, 0.2) is 39.5 Å². The molecule has 0 aliphatic rings. The monoisotopic (exact) mass is 314 g/mol. The maximum absolute atomic E-state index is 13.1. The van der Waals surface area contributed by atoms with Crippen LogP contribution in [0.1, 0.15) is 23.7 Å². The van der Waals surface area contributed by atoms with E-state index in [2.05, 4.69) is 21.3 Å². The second-order valence-corrected chi connectivity index (χ2v) is 5.49. The summed E-state index contributed by atoms with van der Waals surface area (Å²) in [6.07, 6.45) is 0.756. The van der Waals surface area contributed by atoms with Crippen LogP contribution >= 0.6 is 27.3 Å². The third-order valence-corrected chi connectivity index (χ3v) is 4.06. The lowest BCUT2D eigenvalue weighted by atomic mass is 10.0. The fourth-order valence-electron chi connectivity index (χ4n) is 1.66. The molecule has 2 rings (SSSR count). The van der Waals surface area contributed by atoms with Crippen LogP contribution < -0.4 is 0 Å². The van der Waals surface area contributed by atoms with Gasteiger partial charge in [-0.15, -0.1) is 0 Å². The van der Waals surface area contributed by atoms with Crippen molar-refractivity contribution in [3.05, 3.63) is 56.4 Å². The lowest BCUT2D eigenvalue weighted by Crippen LogP contribution is -2.01. The fourth-order valence-corrected chi connectivity index (χ4v) is 2.88. The summed E-state index contributed by atoms with van der Waals surface area (Å²) in [5.41, 5.74) is 1.82. The quantitative estimate of drug-likeness (QED) is 0.891. The molecule has 0 spiro atoms. The van der Waals surface area contributed by atoms with Crippen LogP contribution in [0, 0.1) is 5.82 Å². The van der Waals surface area contributed by atoms with E-state index >= 15 is 0 Å². The average Bonchev–Trinajstić information content (AvgIpc) is 2.82. The molecule has 0 saturated carbocycles. The summed E-state index contributed by atoms with van der Waals surface area (Å²) < 4.78 is 13.8. The fraction of sp³-hybridized carbons (Fsp3) is 0.231. The van der Waals surface area contributed by atoms with Gasteiger partial charge in [-0.2, -0.15) is 11.3 Å². The summed E-state index contributed by atoms with van der Waals surface area (Å²) in [6.45, 7) is 0. The Bertz CT molecular complexity index is 484. The molecule has 1 heterocycles. The Morgan fingerprint density at radius 1 is 1.35 bits per heavy atom. The highest BCUT2D eigenvalue weighted by atomic mass is 79.9. The summed E-state index contributed by atoms with van der Waals surface area (Å²) in [7, 11) is 0. The Morgan fingerprint density at radius 2 is 2.18 bits per heavy atom. The third kappa shape index (κ3) is 3.37. The van der Waals surface area contributed by atoms with Crippen LogP contribution in [-0.4, -0.2) is 5.11 Å². The first-order valence-corrected chi connectivity index (χ1v) is 7.04. The van der Waals surface area contributed by atoms with E-state index in [1.807, 2.05) is 11.4 Å². The molecule has 0 bridgehead atoms. The van der Waals surface area contributed by atoms with Crippen molar-refractivity contribution in [2.75, 3.05) is 0 Å². The van der Waals surface area contributed by atoms with Gasteiger partial charge in [0.25, 0.3) is 0 Å². The highest BCUT2D eigenvalue weighted by Crippen LogP contribution is 2.27. The number of halogens is 2. The van der Waals surface area contributed by atoms with E-state index in [1.54, 1.807) is 17.4 Å². The molecule has 0 aliphatic carbocycles. The highest BCUT2D eigenvalue weighted by Gasteiger charge is 2.12. The molecule has 1 nitrogen and oxygen atoms in total. The van der Waals surface area contributed by atoms with Gasteiger partial charge in [-0.05, 0) is 59.0 Å². The smallest absolute Gasteiger partial charge is 0.123 e. The van der Waals surface area contributed by atoms with Gasteiger partial charge in [0.2, 0.25) is 0 Å². The van der Waals surface area contributed by atoms with Crippen LogP contribution in [0.2, 0.25) is 0 Å². The summed E-state index contributed by atoms with van der Waals surface area (Å²) in [4.78, 5) is 0. The first kappa shape index (κ1) is 12.7. The van der Waals surface area contributed by atoms with E-state index < -0.39 is 6.10 Å². The predicted molar refractivity (Wildman–Crippen MR) is 71.7 cm³/mol. The lowest BCUT2D eigenvalue weighted by molar-refractivity contribution is 0.166. The van der Waals surface area contributed by atoms with E-state index in [0.29, 0.717) is 12.0 Å². The third-order valence-electron chi connectivity index (χ3n) is 2.60. The number of benzene rings is 1. The lowest BCUT2D eigenvalue weighted by Gasteiger charge is -2.12. The molecule has 1 aromatic heterocycles. The van der Waals surface area contributed by atoms with Gasteiger partial charge in [-0.1, -0.05) is 15.9 Å². The Morgan fingerprint density at radius 3 is 2.88 bits per heavy atom. The van der Waals surface area contributed by atoms with Crippen molar-refractivity contribution in [3.8, 4) is 0 Å². The molecule has 0 radical (unpaired) electrons. The van der Waals surface area contributed by atoms with E-state index in [1.165, 1.54) is 17.7 Å². The van der Waals surface area contributed by atoms with E-state index in [0.717, 1.165) is 10.9 Å². The maximum Gasteiger partial charge on any atom is 0.123 e. The van der Waals surface area contributed by atoms with Crippen molar-refractivity contribution < 1.29 is 9.50 Å². The number of hydrogen-bond acceptors (Lipinski definition) is 2. The minimum absolute atomic E-state index is 0.321. The number of rotatable bonds is 4. The van der Waals surface area contributed by atoms with E-state index in [4.69, 9.17) is 0 Å². The van der Waals surface area contributed by atoms with Gasteiger partial charge in [0.1, 0.15) is 5.82 Å². The van der Waals surface area contributed by atoms with Crippen LogP contribution in [0.5, 0.6) is 0 Å². The molecule has 1 atom stereocenters. The van der Waals surface area contributed by atoms with Crippen molar-refractivity contribution in [2.45, 2.75) is 18.9 Å². The van der Waals surface area contributed by atoms with Crippen molar-refractivity contribution in [1.29, 1.82) is 0 Å². The zero-order valence-corrected chi connectivity index (χ0v) is 11.5. The molecule has 4 heteroatoms. The molecule has 0 aliphatic heterocycles. The molecule has 2 aromatic rings. The summed E-state index contributed by atoms with van der Waals surface area (Å²) in [6, 6.07) is 6.41.